The second-order valence-electron chi connectivity index (χ2n) is 11.2. The molecule has 1 unspecified atom stereocenters. The number of aromatic nitrogens is 3. The van der Waals surface area contributed by atoms with E-state index in [0.29, 0.717) is 36.0 Å². The predicted molar refractivity (Wildman–Crippen MR) is 153 cm³/mol. The molecule has 5 N–H and O–H groups in total. The third-order valence-corrected chi connectivity index (χ3v) is 8.31. The van der Waals surface area contributed by atoms with Gasteiger partial charge >= 0.3 is 0 Å². The number of benzene rings is 1. The number of nitrogens with two attached hydrogens (primary N) is 1. The average molecular weight is 531 g/mol. The molecule has 0 bridgehead atoms. The Morgan fingerprint density at radius 2 is 1.69 bits per heavy atom. The van der Waals surface area contributed by atoms with Gasteiger partial charge in [-0.25, -0.2) is 9.97 Å². The van der Waals surface area contributed by atoms with Gasteiger partial charge in [0, 0.05) is 67.1 Å². The number of hydrogen-bond donors (Lipinski definition) is 4. The highest BCUT2D eigenvalue weighted by molar-refractivity contribution is 5.75. The maximum Gasteiger partial charge on any atom is 0.158 e. The topological polar surface area (TPSA) is 125 Å². The Hall–Kier alpha value is -3.31. The van der Waals surface area contributed by atoms with Gasteiger partial charge in [0.2, 0.25) is 0 Å². The molecule has 3 saturated heterocycles. The summed E-state index contributed by atoms with van der Waals surface area (Å²) < 4.78 is 5.53. The van der Waals surface area contributed by atoms with Crippen molar-refractivity contribution in [2.75, 3.05) is 62.0 Å². The van der Waals surface area contributed by atoms with Crippen LogP contribution in [0.5, 0.6) is 0 Å². The first-order valence-corrected chi connectivity index (χ1v) is 13.9. The molecule has 0 amide bonds. The fourth-order valence-corrected chi connectivity index (χ4v) is 5.84. The lowest BCUT2D eigenvalue weighted by atomic mass is 9.72. The van der Waals surface area contributed by atoms with Crippen LogP contribution in [-0.2, 0) is 4.74 Å². The minimum atomic E-state index is -1.29. The zero-order valence-corrected chi connectivity index (χ0v) is 22.5. The minimum Gasteiger partial charge on any atom is -0.381 e. The van der Waals surface area contributed by atoms with Gasteiger partial charge in [0.1, 0.15) is 17.6 Å². The highest BCUT2D eigenvalue weighted by atomic mass is 16.5. The molecule has 5 heterocycles. The monoisotopic (exact) mass is 530 g/mol. The Balaban J connectivity index is 1.23. The molecule has 3 aliphatic rings. The van der Waals surface area contributed by atoms with Crippen LogP contribution in [0.4, 0.5) is 23.0 Å². The highest BCUT2D eigenvalue weighted by Gasteiger charge is 2.44. The van der Waals surface area contributed by atoms with Crippen LogP contribution in [0.3, 0.4) is 0 Å². The minimum absolute atomic E-state index is 0.221. The zero-order valence-electron chi connectivity index (χ0n) is 22.5. The van der Waals surface area contributed by atoms with Crippen LogP contribution in [-0.4, -0.2) is 77.4 Å². The van der Waals surface area contributed by atoms with Crippen molar-refractivity contribution in [2.24, 2.45) is 11.1 Å². The molecule has 206 valence electrons. The van der Waals surface area contributed by atoms with Gasteiger partial charge in [-0.2, -0.15) is 0 Å². The quantitative estimate of drug-likeness (QED) is 0.338. The van der Waals surface area contributed by atoms with Crippen LogP contribution in [0.2, 0.25) is 0 Å². The molecular formula is C29H38N8O2. The largest absolute Gasteiger partial charge is 0.381 e. The van der Waals surface area contributed by atoms with Crippen LogP contribution in [0, 0.1) is 5.41 Å². The number of piperidine rings is 1. The number of hydrogen-bond acceptors (Lipinski definition) is 10. The number of pyridine rings is 1. The number of nitrogens with zero attached hydrogens (tertiary/aromatic N) is 5. The van der Waals surface area contributed by atoms with E-state index in [1.165, 1.54) is 31.6 Å². The van der Waals surface area contributed by atoms with Crippen LogP contribution in [0.15, 0.2) is 48.8 Å². The van der Waals surface area contributed by atoms with E-state index in [-0.39, 0.29) is 11.7 Å². The molecule has 0 saturated carbocycles. The van der Waals surface area contributed by atoms with Crippen molar-refractivity contribution >= 4 is 23.0 Å². The molecular weight excluding hydrogens is 492 g/mol. The van der Waals surface area contributed by atoms with E-state index in [2.05, 4.69) is 44.6 Å². The lowest BCUT2D eigenvalue weighted by Crippen LogP contribution is -2.60. The smallest absolute Gasteiger partial charge is 0.158 e. The summed E-state index contributed by atoms with van der Waals surface area (Å²) in [5, 5.41) is 17.4. The first-order chi connectivity index (χ1) is 19.0. The molecule has 10 heteroatoms. The number of rotatable bonds is 7. The Bertz CT molecular complexity index is 1250. The van der Waals surface area contributed by atoms with Gasteiger partial charge in [-0.15, -0.1) is 0 Å². The second-order valence-corrected chi connectivity index (χ2v) is 11.2. The van der Waals surface area contributed by atoms with Crippen molar-refractivity contribution in [1.29, 1.82) is 0 Å². The van der Waals surface area contributed by atoms with Crippen molar-refractivity contribution in [3.8, 4) is 11.3 Å². The van der Waals surface area contributed by atoms with E-state index in [4.69, 9.17) is 20.4 Å². The summed E-state index contributed by atoms with van der Waals surface area (Å²) in [5.74, 6) is 1.07. The predicted octanol–water partition coefficient (Wildman–Crippen LogP) is 3.35. The summed E-state index contributed by atoms with van der Waals surface area (Å²) >= 11 is 0. The maximum absolute atomic E-state index is 10.4. The zero-order chi connectivity index (χ0) is 26.8. The van der Waals surface area contributed by atoms with Crippen molar-refractivity contribution in [3.63, 3.8) is 0 Å². The van der Waals surface area contributed by atoms with Crippen LogP contribution < -0.4 is 21.3 Å². The van der Waals surface area contributed by atoms with Gasteiger partial charge in [-0.3, -0.25) is 4.98 Å². The molecule has 1 spiro atoms. The molecule has 3 fully saturated rings. The van der Waals surface area contributed by atoms with Crippen molar-refractivity contribution in [2.45, 2.75) is 38.0 Å². The van der Waals surface area contributed by atoms with E-state index in [9.17, 15) is 5.11 Å². The van der Waals surface area contributed by atoms with Gasteiger partial charge in [0.25, 0.3) is 0 Å². The van der Waals surface area contributed by atoms with Gasteiger partial charge in [-0.1, -0.05) is 0 Å². The molecule has 1 aromatic carbocycles. The Kier molecular flexibility index (Phi) is 7.35. The number of likely N-dealkylation sites (tertiary alicyclic amines) is 1. The second kappa shape index (κ2) is 11.1. The van der Waals surface area contributed by atoms with Crippen LogP contribution in [0.1, 0.15) is 37.6 Å². The molecule has 0 radical (unpaired) electrons. The molecule has 3 aliphatic heterocycles. The maximum atomic E-state index is 10.4. The number of anilines is 4. The van der Waals surface area contributed by atoms with Crippen LogP contribution in [0.25, 0.3) is 11.3 Å². The Labute approximate surface area is 229 Å². The molecule has 10 nitrogen and oxygen atoms in total. The van der Waals surface area contributed by atoms with Crippen molar-refractivity contribution in [3.05, 3.63) is 54.5 Å². The lowest BCUT2D eigenvalue weighted by Gasteiger charge is -2.54. The molecule has 6 rings (SSSR count). The fourth-order valence-electron chi connectivity index (χ4n) is 5.84. The van der Waals surface area contributed by atoms with Gasteiger partial charge in [0.15, 0.2) is 11.6 Å². The van der Waals surface area contributed by atoms with E-state index >= 15 is 0 Å². The van der Waals surface area contributed by atoms with E-state index < -0.39 is 6.23 Å². The Morgan fingerprint density at radius 3 is 2.36 bits per heavy atom. The molecule has 2 aromatic heterocycles. The summed E-state index contributed by atoms with van der Waals surface area (Å²) in [4.78, 5) is 18.7. The first kappa shape index (κ1) is 25.9. The summed E-state index contributed by atoms with van der Waals surface area (Å²) in [6.07, 6.45) is 6.48. The molecule has 39 heavy (non-hydrogen) atoms. The van der Waals surface area contributed by atoms with Crippen molar-refractivity contribution in [1.82, 2.24) is 19.9 Å². The molecule has 1 atom stereocenters. The highest BCUT2D eigenvalue weighted by Crippen LogP contribution is 2.42. The summed E-state index contributed by atoms with van der Waals surface area (Å²) in [7, 11) is 2.21. The SMILES string of the molecule is CN1CCC2(CC1)CN(c1ccc(Nc3nc(NC4CCOCC4)c(-c4ccncc4)nc3C(N)O)cc1)C2. The summed E-state index contributed by atoms with van der Waals surface area (Å²) in [6.45, 7) is 6.06. The van der Waals surface area contributed by atoms with Gasteiger partial charge < -0.3 is 36.0 Å². The lowest BCUT2D eigenvalue weighted by molar-refractivity contribution is 0.0904. The van der Waals surface area contributed by atoms with Crippen molar-refractivity contribution < 1.29 is 9.84 Å². The Morgan fingerprint density at radius 1 is 1.00 bits per heavy atom. The molecule has 3 aromatic rings. The third kappa shape index (κ3) is 5.69. The van der Waals surface area contributed by atoms with E-state index in [0.717, 1.165) is 37.2 Å². The standard InChI is InChI=1S/C29H38N8O2/c1-36-14-10-29(11-15-36)18-37(19-29)23-4-2-21(3-5-23)32-28-25(26(30)38)34-24(20-6-12-31-13-7-20)27(35-28)33-22-8-16-39-17-9-22/h2-7,12-13,22,26,38H,8-11,14-19,30H2,1H3,(H2,32,33,35). The molecule has 0 aliphatic carbocycles. The normalized spacial score (nSPS) is 20.4. The summed E-state index contributed by atoms with van der Waals surface area (Å²) in [5.41, 5.74) is 10.3. The van der Waals surface area contributed by atoms with Gasteiger partial charge in [-0.05, 0) is 82.2 Å². The van der Waals surface area contributed by atoms with Crippen LogP contribution >= 0.6 is 0 Å². The average Bonchev–Trinajstić information content (AvgIpc) is 2.94. The number of nitrogens with one attached hydrogen (secondary N) is 2. The summed E-state index contributed by atoms with van der Waals surface area (Å²) in [6, 6.07) is 12.4. The third-order valence-electron chi connectivity index (χ3n) is 8.31. The fraction of sp³-hybridized carbons (Fsp3) is 0.483. The number of aliphatic hydroxyl groups excluding tert-OH is 1. The first-order valence-electron chi connectivity index (χ1n) is 13.9. The van der Waals surface area contributed by atoms with E-state index in [1.54, 1.807) is 12.4 Å². The van der Waals surface area contributed by atoms with Gasteiger partial charge in [0.05, 0.1) is 0 Å². The van der Waals surface area contributed by atoms with E-state index in [1.807, 2.05) is 24.3 Å². The number of ether oxygens (including phenoxy) is 1. The number of aliphatic hydroxyl groups is 1.